The number of aromatic nitrogens is 2. The molecule has 0 unspecified atom stereocenters. The Morgan fingerprint density at radius 2 is 2.06 bits per heavy atom. The van der Waals surface area contributed by atoms with Gasteiger partial charge >= 0.3 is 5.69 Å². The summed E-state index contributed by atoms with van der Waals surface area (Å²) < 4.78 is 0. The van der Waals surface area contributed by atoms with Crippen molar-refractivity contribution in [3.05, 3.63) is 16.4 Å². The number of amides is 1. The number of nitro groups is 1. The fourth-order valence-corrected chi connectivity index (χ4v) is 1.26. The van der Waals surface area contributed by atoms with Gasteiger partial charge in [-0.3, -0.25) is 14.9 Å². The third-order valence-electron chi connectivity index (χ3n) is 2.25. The molecule has 0 radical (unpaired) electrons. The van der Waals surface area contributed by atoms with Crippen molar-refractivity contribution < 1.29 is 9.72 Å². The van der Waals surface area contributed by atoms with E-state index in [0.29, 0.717) is 0 Å². The van der Waals surface area contributed by atoms with Crippen molar-refractivity contribution in [2.45, 2.75) is 0 Å². The maximum absolute atomic E-state index is 11.5. The molecule has 1 amide bonds. The summed E-state index contributed by atoms with van der Waals surface area (Å²) in [6.45, 7) is -0.0374. The summed E-state index contributed by atoms with van der Waals surface area (Å²) in [5.74, 6) is -0.416. The van der Waals surface area contributed by atoms with E-state index in [1.54, 1.807) is 14.1 Å². The van der Waals surface area contributed by atoms with Gasteiger partial charge in [0.05, 0.1) is 11.5 Å². The number of hydrogen-bond acceptors (Lipinski definition) is 7. The standard InChI is InChI=1S/C9H14N6O3/c1-13(2)6(16)4-14(3)9-7(15(17)18)8(10)11-5-12-9/h5H,4H2,1-3H3,(H2,10,11,12). The molecule has 0 aromatic carbocycles. The predicted molar refractivity (Wildman–Crippen MR) is 65.1 cm³/mol. The minimum Gasteiger partial charge on any atom is -0.378 e. The fourth-order valence-electron chi connectivity index (χ4n) is 1.26. The molecule has 0 aliphatic heterocycles. The van der Waals surface area contributed by atoms with Gasteiger partial charge in [-0.2, -0.15) is 0 Å². The number of rotatable bonds is 4. The third-order valence-corrected chi connectivity index (χ3v) is 2.25. The zero-order valence-corrected chi connectivity index (χ0v) is 10.3. The monoisotopic (exact) mass is 254 g/mol. The van der Waals surface area contributed by atoms with Crippen molar-refractivity contribution in [2.75, 3.05) is 38.3 Å². The highest BCUT2D eigenvalue weighted by Gasteiger charge is 2.24. The van der Waals surface area contributed by atoms with Crippen LogP contribution in [0, 0.1) is 10.1 Å². The molecule has 0 saturated carbocycles. The number of nitrogens with two attached hydrogens (primary N) is 1. The van der Waals surface area contributed by atoms with Gasteiger partial charge in [-0.05, 0) is 0 Å². The van der Waals surface area contributed by atoms with E-state index >= 15 is 0 Å². The molecule has 1 heterocycles. The van der Waals surface area contributed by atoms with Crippen molar-refractivity contribution in [1.29, 1.82) is 0 Å². The molecular weight excluding hydrogens is 240 g/mol. The van der Waals surface area contributed by atoms with Crippen molar-refractivity contribution >= 4 is 23.2 Å². The van der Waals surface area contributed by atoms with E-state index in [1.165, 1.54) is 16.8 Å². The number of likely N-dealkylation sites (N-methyl/N-ethyl adjacent to an activating group) is 2. The average molecular weight is 254 g/mol. The van der Waals surface area contributed by atoms with E-state index in [-0.39, 0.29) is 24.1 Å². The summed E-state index contributed by atoms with van der Waals surface area (Å²) in [5.41, 5.74) is 5.04. The second-order valence-corrected chi connectivity index (χ2v) is 3.83. The van der Waals surface area contributed by atoms with E-state index in [4.69, 9.17) is 5.73 Å². The van der Waals surface area contributed by atoms with Crippen molar-refractivity contribution in [2.24, 2.45) is 0 Å². The molecule has 0 saturated heterocycles. The van der Waals surface area contributed by atoms with Gasteiger partial charge in [0.15, 0.2) is 0 Å². The summed E-state index contributed by atoms with van der Waals surface area (Å²) in [6, 6.07) is 0. The number of anilines is 2. The van der Waals surface area contributed by atoms with Gasteiger partial charge in [0.1, 0.15) is 6.33 Å². The summed E-state index contributed by atoms with van der Waals surface area (Å²) in [7, 11) is 4.72. The molecule has 1 rings (SSSR count). The molecule has 0 aliphatic carbocycles. The lowest BCUT2D eigenvalue weighted by Gasteiger charge is -2.19. The SMILES string of the molecule is CN(C)C(=O)CN(C)c1ncnc(N)c1[N+](=O)[O-]. The number of carbonyl (C=O) groups excluding carboxylic acids is 1. The van der Waals surface area contributed by atoms with Crippen LogP contribution in [0.2, 0.25) is 0 Å². The first kappa shape index (κ1) is 13.6. The first-order chi connectivity index (χ1) is 8.34. The third kappa shape index (κ3) is 2.81. The summed E-state index contributed by atoms with van der Waals surface area (Å²) in [6.07, 6.45) is 1.12. The van der Waals surface area contributed by atoms with Gasteiger partial charge in [-0.15, -0.1) is 0 Å². The first-order valence-electron chi connectivity index (χ1n) is 5.00. The average Bonchev–Trinajstić information content (AvgIpc) is 2.27. The van der Waals surface area contributed by atoms with E-state index in [0.717, 1.165) is 6.33 Å². The van der Waals surface area contributed by atoms with Crippen LogP contribution in [0.5, 0.6) is 0 Å². The molecule has 0 spiro atoms. The number of nitrogens with zero attached hydrogens (tertiary/aromatic N) is 5. The van der Waals surface area contributed by atoms with Gasteiger partial charge in [0.2, 0.25) is 17.5 Å². The minimum absolute atomic E-state index is 0.0164. The smallest absolute Gasteiger partial charge is 0.353 e. The van der Waals surface area contributed by atoms with E-state index < -0.39 is 10.6 Å². The molecule has 98 valence electrons. The molecule has 2 N–H and O–H groups in total. The Kier molecular flexibility index (Phi) is 3.97. The van der Waals surface area contributed by atoms with Gasteiger partial charge in [-0.1, -0.05) is 0 Å². The highest BCUT2D eigenvalue weighted by Crippen LogP contribution is 2.28. The lowest BCUT2D eigenvalue weighted by molar-refractivity contribution is -0.383. The molecule has 1 aromatic rings. The molecule has 1 aromatic heterocycles. The highest BCUT2D eigenvalue weighted by atomic mass is 16.6. The molecular formula is C9H14N6O3. The van der Waals surface area contributed by atoms with Crippen LogP contribution in [0.1, 0.15) is 0 Å². The molecule has 0 fully saturated rings. The Hall–Kier alpha value is -2.45. The van der Waals surface area contributed by atoms with Gasteiger partial charge in [0, 0.05) is 21.1 Å². The Morgan fingerprint density at radius 1 is 1.44 bits per heavy atom. The molecule has 18 heavy (non-hydrogen) atoms. The molecule has 9 nitrogen and oxygen atoms in total. The van der Waals surface area contributed by atoms with E-state index in [2.05, 4.69) is 9.97 Å². The largest absolute Gasteiger partial charge is 0.378 e. The predicted octanol–water partition coefficient (Wildman–Crippen LogP) is -0.509. The van der Waals surface area contributed by atoms with E-state index in [9.17, 15) is 14.9 Å². The summed E-state index contributed by atoms with van der Waals surface area (Å²) in [5, 5.41) is 10.9. The highest BCUT2D eigenvalue weighted by molar-refractivity contribution is 5.82. The normalized spacial score (nSPS) is 9.94. The van der Waals surface area contributed by atoms with Crippen LogP contribution in [0.25, 0.3) is 0 Å². The molecule has 9 heteroatoms. The second kappa shape index (κ2) is 5.25. The Morgan fingerprint density at radius 3 is 2.56 bits per heavy atom. The summed E-state index contributed by atoms with van der Waals surface area (Å²) >= 11 is 0. The Labute approximate surface area is 103 Å². The van der Waals surface area contributed by atoms with Crippen molar-refractivity contribution in [3.63, 3.8) is 0 Å². The molecule has 0 atom stereocenters. The van der Waals surface area contributed by atoms with Gasteiger partial charge in [0.25, 0.3) is 0 Å². The molecule has 0 aliphatic rings. The van der Waals surface area contributed by atoms with Gasteiger partial charge in [-0.25, -0.2) is 9.97 Å². The van der Waals surface area contributed by atoms with Crippen LogP contribution in [0.4, 0.5) is 17.3 Å². The van der Waals surface area contributed by atoms with Crippen molar-refractivity contribution in [1.82, 2.24) is 14.9 Å². The zero-order chi connectivity index (χ0) is 13.9. The van der Waals surface area contributed by atoms with Crippen LogP contribution in [0.15, 0.2) is 6.33 Å². The lowest BCUT2D eigenvalue weighted by atomic mass is 10.4. The van der Waals surface area contributed by atoms with E-state index in [1.807, 2.05) is 0 Å². The minimum atomic E-state index is -0.665. The van der Waals surface area contributed by atoms with Gasteiger partial charge < -0.3 is 15.5 Å². The fraction of sp³-hybridized carbons (Fsp3) is 0.444. The first-order valence-corrected chi connectivity index (χ1v) is 5.00. The van der Waals surface area contributed by atoms with Crippen LogP contribution >= 0.6 is 0 Å². The molecule has 0 bridgehead atoms. The lowest BCUT2D eigenvalue weighted by Crippen LogP contribution is -2.35. The maximum atomic E-state index is 11.5. The van der Waals surface area contributed by atoms with Crippen LogP contribution in [-0.2, 0) is 4.79 Å². The quantitative estimate of drug-likeness (QED) is 0.567. The number of hydrogen-bond donors (Lipinski definition) is 1. The van der Waals surface area contributed by atoms with Crippen LogP contribution < -0.4 is 10.6 Å². The van der Waals surface area contributed by atoms with Crippen LogP contribution in [-0.4, -0.2) is 53.4 Å². The summed E-state index contributed by atoms with van der Waals surface area (Å²) in [4.78, 5) is 31.9. The number of nitrogen functional groups attached to an aromatic ring is 1. The Bertz CT molecular complexity index is 475. The Balaban J connectivity index is 3.06. The topological polar surface area (TPSA) is 118 Å². The van der Waals surface area contributed by atoms with Crippen LogP contribution in [0.3, 0.4) is 0 Å². The van der Waals surface area contributed by atoms with Crippen molar-refractivity contribution in [3.8, 4) is 0 Å². The number of carbonyl (C=O) groups is 1. The zero-order valence-electron chi connectivity index (χ0n) is 10.3. The maximum Gasteiger partial charge on any atom is 0.353 e. The second-order valence-electron chi connectivity index (χ2n) is 3.83.